The monoisotopic (exact) mass is 208 g/mol. The summed E-state index contributed by atoms with van der Waals surface area (Å²) in [4.78, 5) is 3.97. The van der Waals surface area contributed by atoms with Crippen LogP contribution in [0.25, 0.3) is 10.8 Å². The molecule has 0 atom stereocenters. The van der Waals surface area contributed by atoms with Gasteiger partial charge in [-0.2, -0.15) is 0 Å². The van der Waals surface area contributed by atoms with E-state index in [2.05, 4.69) is 4.98 Å². The van der Waals surface area contributed by atoms with E-state index in [0.717, 1.165) is 10.8 Å². The fraction of sp³-hybridized carbons (Fsp3) is 0.100. The number of nitrogens with two attached hydrogens (primary N) is 1. The van der Waals surface area contributed by atoms with Crippen LogP contribution in [0, 0.1) is 0 Å². The zero-order valence-electron chi connectivity index (χ0n) is 7.62. The van der Waals surface area contributed by atoms with E-state index in [4.69, 9.17) is 22.1 Å². The molecule has 3 nitrogen and oxygen atoms in total. The van der Waals surface area contributed by atoms with Gasteiger partial charge in [0, 0.05) is 11.6 Å². The van der Waals surface area contributed by atoms with Crippen LogP contribution in [0.4, 0.5) is 5.69 Å². The summed E-state index contributed by atoms with van der Waals surface area (Å²) in [5.74, 6) is 0.653. The second-order valence-corrected chi connectivity index (χ2v) is 3.28. The highest BCUT2D eigenvalue weighted by atomic mass is 35.5. The van der Waals surface area contributed by atoms with E-state index < -0.39 is 0 Å². The Kier molecular flexibility index (Phi) is 2.17. The van der Waals surface area contributed by atoms with E-state index in [9.17, 15) is 0 Å². The van der Waals surface area contributed by atoms with Gasteiger partial charge in [-0.15, -0.1) is 0 Å². The lowest BCUT2D eigenvalue weighted by Gasteiger charge is -2.06. The highest BCUT2D eigenvalue weighted by Gasteiger charge is 2.04. The van der Waals surface area contributed by atoms with Gasteiger partial charge in [0.1, 0.15) is 10.9 Å². The lowest BCUT2D eigenvalue weighted by Crippen LogP contribution is -1.92. The predicted molar refractivity (Wildman–Crippen MR) is 57.7 cm³/mol. The number of methoxy groups -OCH3 is 1. The summed E-state index contributed by atoms with van der Waals surface area (Å²) in [6.45, 7) is 0. The van der Waals surface area contributed by atoms with Crippen molar-refractivity contribution < 1.29 is 4.74 Å². The largest absolute Gasteiger partial charge is 0.495 e. The van der Waals surface area contributed by atoms with Gasteiger partial charge in [-0.05, 0) is 23.6 Å². The normalized spacial score (nSPS) is 10.4. The van der Waals surface area contributed by atoms with E-state index >= 15 is 0 Å². The number of rotatable bonds is 1. The van der Waals surface area contributed by atoms with Crippen LogP contribution in [0.5, 0.6) is 5.75 Å². The third-order valence-electron chi connectivity index (χ3n) is 2.07. The molecule has 0 saturated carbocycles. The number of nitrogen functional groups attached to an aromatic ring is 1. The van der Waals surface area contributed by atoms with Crippen LogP contribution < -0.4 is 10.5 Å². The van der Waals surface area contributed by atoms with E-state index in [1.165, 1.54) is 0 Å². The fourth-order valence-corrected chi connectivity index (χ4v) is 1.58. The van der Waals surface area contributed by atoms with Gasteiger partial charge in [0.15, 0.2) is 0 Å². The average molecular weight is 209 g/mol. The Labute approximate surface area is 86.5 Å². The van der Waals surface area contributed by atoms with Crippen LogP contribution in [0.2, 0.25) is 5.15 Å². The van der Waals surface area contributed by atoms with Crippen LogP contribution in [-0.2, 0) is 0 Å². The summed E-state index contributed by atoms with van der Waals surface area (Å²) in [5, 5.41) is 2.26. The molecule has 1 aromatic carbocycles. The fourth-order valence-electron chi connectivity index (χ4n) is 1.36. The summed E-state index contributed by atoms with van der Waals surface area (Å²) in [5.41, 5.74) is 6.32. The number of aromatic nitrogens is 1. The Morgan fingerprint density at radius 2 is 2.21 bits per heavy atom. The Hall–Kier alpha value is -1.48. The van der Waals surface area contributed by atoms with Gasteiger partial charge in [-0.1, -0.05) is 11.6 Å². The topological polar surface area (TPSA) is 48.1 Å². The number of hydrogen-bond acceptors (Lipinski definition) is 3. The molecule has 14 heavy (non-hydrogen) atoms. The molecule has 0 amide bonds. The molecule has 4 heteroatoms. The van der Waals surface area contributed by atoms with Gasteiger partial charge in [0.25, 0.3) is 0 Å². The van der Waals surface area contributed by atoms with E-state index in [1.807, 2.05) is 12.1 Å². The molecule has 0 spiro atoms. The van der Waals surface area contributed by atoms with Gasteiger partial charge in [-0.3, -0.25) is 0 Å². The number of halogens is 1. The highest BCUT2D eigenvalue weighted by molar-refractivity contribution is 6.34. The van der Waals surface area contributed by atoms with Crippen molar-refractivity contribution in [1.29, 1.82) is 0 Å². The minimum absolute atomic E-state index is 0.455. The van der Waals surface area contributed by atoms with Crippen LogP contribution in [0.3, 0.4) is 0 Å². The minimum Gasteiger partial charge on any atom is -0.495 e. The Balaban J connectivity index is 2.79. The molecule has 2 rings (SSSR count). The van der Waals surface area contributed by atoms with Gasteiger partial charge in [0.05, 0.1) is 12.8 Å². The highest BCUT2D eigenvalue weighted by Crippen LogP contribution is 2.30. The molecule has 0 aliphatic rings. The van der Waals surface area contributed by atoms with Crippen LogP contribution >= 0.6 is 11.6 Å². The maximum atomic E-state index is 5.92. The molecule has 72 valence electrons. The lowest BCUT2D eigenvalue weighted by molar-refractivity contribution is 0.417. The molecular formula is C10H9ClN2O. The molecule has 0 bridgehead atoms. The molecule has 0 fully saturated rings. The van der Waals surface area contributed by atoms with Crippen molar-refractivity contribution in [3.8, 4) is 5.75 Å². The zero-order valence-corrected chi connectivity index (χ0v) is 8.38. The van der Waals surface area contributed by atoms with Crippen LogP contribution in [0.15, 0.2) is 24.4 Å². The van der Waals surface area contributed by atoms with Crippen molar-refractivity contribution in [1.82, 2.24) is 4.98 Å². The summed E-state index contributed by atoms with van der Waals surface area (Å²) in [7, 11) is 1.58. The van der Waals surface area contributed by atoms with Gasteiger partial charge in [-0.25, -0.2) is 4.98 Å². The number of benzene rings is 1. The third-order valence-corrected chi connectivity index (χ3v) is 2.37. The number of anilines is 1. The first-order valence-electron chi connectivity index (χ1n) is 4.10. The molecule has 1 aromatic heterocycles. The Bertz CT molecular complexity index is 485. The van der Waals surface area contributed by atoms with Gasteiger partial charge < -0.3 is 10.5 Å². The van der Waals surface area contributed by atoms with Crippen molar-refractivity contribution in [2.75, 3.05) is 12.8 Å². The van der Waals surface area contributed by atoms with Crippen molar-refractivity contribution >= 4 is 28.1 Å². The Morgan fingerprint density at radius 1 is 1.43 bits per heavy atom. The van der Waals surface area contributed by atoms with Crippen molar-refractivity contribution in [3.63, 3.8) is 0 Å². The molecular weight excluding hydrogens is 200 g/mol. The second kappa shape index (κ2) is 3.35. The quantitative estimate of drug-likeness (QED) is 0.579. The summed E-state index contributed by atoms with van der Waals surface area (Å²) >= 11 is 5.92. The number of ether oxygens (including phenoxy) is 1. The molecule has 0 aliphatic heterocycles. The number of hydrogen-bond donors (Lipinski definition) is 1. The number of pyridine rings is 1. The first-order chi connectivity index (χ1) is 6.72. The predicted octanol–water partition coefficient (Wildman–Crippen LogP) is 2.48. The SMILES string of the molecule is COc1cc2ccnc(Cl)c2cc1N. The van der Waals surface area contributed by atoms with E-state index in [-0.39, 0.29) is 0 Å². The molecule has 1 heterocycles. The molecule has 0 radical (unpaired) electrons. The summed E-state index contributed by atoms with van der Waals surface area (Å²) in [6, 6.07) is 5.48. The smallest absolute Gasteiger partial charge is 0.142 e. The minimum atomic E-state index is 0.455. The summed E-state index contributed by atoms with van der Waals surface area (Å²) < 4.78 is 5.10. The van der Waals surface area contributed by atoms with E-state index in [0.29, 0.717) is 16.6 Å². The molecule has 0 unspecified atom stereocenters. The van der Waals surface area contributed by atoms with Crippen molar-refractivity contribution in [2.24, 2.45) is 0 Å². The van der Waals surface area contributed by atoms with Gasteiger partial charge in [0.2, 0.25) is 0 Å². The molecule has 0 saturated heterocycles. The maximum absolute atomic E-state index is 5.92. The van der Waals surface area contributed by atoms with Crippen molar-refractivity contribution in [2.45, 2.75) is 0 Å². The lowest BCUT2D eigenvalue weighted by atomic mass is 10.1. The maximum Gasteiger partial charge on any atom is 0.142 e. The van der Waals surface area contributed by atoms with Crippen LogP contribution in [0.1, 0.15) is 0 Å². The van der Waals surface area contributed by atoms with Gasteiger partial charge >= 0.3 is 0 Å². The third kappa shape index (κ3) is 1.36. The van der Waals surface area contributed by atoms with Crippen molar-refractivity contribution in [3.05, 3.63) is 29.5 Å². The number of nitrogens with zero attached hydrogens (tertiary/aromatic N) is 1. The molecule has 0 aliphatic carbocycles. The first kappa shape index (κ1) is 9.09. The molecule has 2 aromatic rings. The summed E-state index contributed by atoms with van der Waals surface area (Å²) in [6.07, 6.45) is 1.65. The second-order valence-electron chi connectivity index (χ2n) is 2.92. The van der Waals surface area contributed by atoms with E-state index in [1.54, 1.807) is 19.4 Å². The Morgan fingerprint density at radius 3 is 2.93 bits per heavy atom. The standard InChI is InChI=1S/C10H9ClN2O/c1-14-9-4-6-2-3-13-10(11)7(6)5-8(9)12/h2-5H,12H2,1H3. The first-order valence-corrected chi connectivity index (χ1v) is 4.48. The van der Waals surface area contributed by atoms with Crippen LogP contribution in [-0.4, -0.2) is 12.1 Å². The zero-order chi connectivity index (χ0) is 10.1. The number of fused-ring (bicyclic) bond motifs is 1. The average Bonchev–Trinajstić information content (AvgIpc) is 2.19. The molecule has 2 N–H and O–H groups in total.